The maximum absolute atomic E-state index is 13.5. The zero-order chi connectivity index (χ0) is 22.5. The molecule has 32 heavy (non-hydrogen) atoms. The van der Waals surface area contributed by atoms with E-state index in [1.165, 1.54) is 56.0 Å². The third kappa shape index (κ3) is 5.70. The van der Waals surface area contributed by atoms with Crippen LogP contribution in [0.5, 0.6) is 0 Å². The molecule has 0 unspecified atom stereocenters. The monoisotopic (exact) mass is 459 g/mol. The molecule has 6 nitrogen and oxygen atoms in total. The number of aromatic nitrogens is 3. The second-order valence-corrected chi connectivity index (χ2v) is 10.2. The highest BCUT2D eigenvalue weighted by atomic mass is 32.2. The standard InChI is InChI=1S/C24H34FN5OS/c1-18-6-10-20(11-7-18)28(2)23(31)17-32-24-27-26-22(16-29-14-4-3-5-15-29)30(24)21-12-8-19(25)9-13-21/h8-9,12-13,18,20H,3-7,10-11,14-17H2,1-2H3. The van der Waals surface area contributed by atoms with Gasteiger partial charge in [0, 0.05) is 18.8 Å². The number of halogens is 1. The lowest BCUT2D eigenvalue weighted by Gasteiger charge is -2.33. The number of rotatable bonds is 7. The smallest absolute Gasteiger partial charge is 0.233 e. The summed E-state index contributed by atoms with van der Waals surface area (Å²) in [5.41, 5.74) is 0.827. The zero-order valence-electron chi connectivity index (χ0n) is 19.2. The van der Waals surface area contributed by atoms with E-state index in [4.69, 9.17) is 0 Å². The average Bonchev–Trinajstić information content (AvgIpc) is 3.21. The van der Waals surface area contributed by atoms with Crippen LogP contribution in [-0.2, 0) is 11.3 Å². The van der Waals surface area contributed by atoms with Crippen LogP contribution >= 0.6 is 11.8 Å². The molecule has 1 aliphatic carbocycles. The third-order valence-corrected chi connectivity index (χ3v) is 7.76. The van der Waals surface area contributed by atoms with Crippen LogP contribution in [0.2, 0.25) is 0 Å². The highest BCUT2D eigenvalue weighted by Crippen LogP contribution is 2.28. The number of hydrogen-bond acceptors (Lipinski definition) is 5. The van der Waals surface area contributed by atoms with Gasteiger partial charge in [-0.25, -0.2) is 4.39 Å². The van der Waals surface area contributed by atoms with E-state index in [2.05, 4.69) is 22.0 Å². The Labute approximate surface area is 194 Å². The van der Waals surface area contributed by atoms with Gasteiger partial charge in [0.1, 0.15) is 5.82 Å². The highest BCUT2D eigenvalue weighted by molar-refractivity contribution is 7.99. The lowest BCUT2D eigenvalue weighted by molar-refractivity contribution is -0.129. The fourth-order valence-corrected chi connectivity index (χ4v) is 5.62. The first kappa shape index (κ1) is 23.2. The molecule has 1 aromatic heterocycles. The van der Waals surface area contributed by atoms with Gasteiger partial charge in [-0.05, 0) is 81.8 Å². The van der Waals surface area contributed by atoms with Gasteiger partial charge in [0.25, 0.3) is 0 Å². The van der Waals surface area contributed by atoms with Gasteiger partial charge in [0.15, 0.2) is 11.0 Å². The van der Waals surface area contributed by atoms with E-state index in [0.29, 0.717) is 23.5 Å². The summed E-state index contributed by atoms with van der Waals surface area (Å²) in [6.45, 7) is 5.11. The van der Waals surface area contributed by atoms with E-state index in [1.807, 2.05) is 16.5 Å². The minimum absolute atomic E-state index is 0.126. The van der Waals surface area contributed by atoms with Gasteiger partial charge in [-0.3, -0.25) is 14.3 Å². The predicted molar refractivity (Wildman–Crippen MR) is 125 cm³/mol. The summed E-state index contributed by atoms with van der Waals surface area (Å²) in [6, 6.07) is 6.75. The van der Waals surface area contributed by atoms with Gasteiger partial charge in [-0.2, -0.15) is 0 Å². The molecule has 1 amide bonds. The zero-order valence-corrected chi connectivity index (χ0v) is 20.0. The summed E-state index contributed by atoms with van der Waals surface area (Å²) in [5, 5.41) is 9.56. The first-order valence-corrected chi connectivity index (χ1v) is 12.8. The number of piperidine rings is 1. The van der Waals surface area contributed by atoms with Crippen LogP contribution in [0.4, 0.5) is 4.39 Å². The summed E-state index contributed by atoms with van der Waals surface area (Å²) in [5.74, 6) is 1.78. The van der Waals surface area contributed by atoms with Crippen molar-refractivity contribution in [2.75, 3.05) is 25.9 Å². The Balaban J connectivity index is 1.47. The lowest BCUT2D eigenvalue weighted by Crippen LogP contribution is -2.40. The molecule has 2 heterocycles. The van der Waals surface area contributed by atoms with E-state index in [0.717, 1.165) is 43.4 Å². The Hall–Kier alpha value is -1.93. The number of amides is 1. The molecule has 174 valence electrons. The maximum atomic E-state index is 13.5. The summed E-state index contributed by atoms with van der Waals surface area (Å²) >= 11 is 1.42. The largest absolute Gasteiger partial charge is 0.342 e. The SMILES string of the molecule is CC1CCC(N(C)C(=O)CSc2nnc(CN3CCCCC3)n2-c2ccc(F)cc2)CC1. The van der Waals surface area contributed by atoms with Crippen LogP contribution in [0.1, 0.15) is 57.7 Å². The Kier molecular flexibility index (Phi) is 7.84. The van der Waals surface area contributed by atoms with Crippen LogP contribution in [0, 0.1) is 11.7 Å². The van der Waals surface area contributed by atoms with E-state index < -0.39 is 0 Å². The number of thioether (sulfide) groups is 1. The maximum Gasteiger partial charge on any atom is 0.233 e. The fraction of sp³-hybridized carbons (Fsp3) is 0.625. The molecular formula is C24H34FN5OS. The molecule has 2 aromatic rings. The van der Waals surface area contributed by atoms with Crippen LogP contribution in [0.3, 0.4) is 0 Å². The van der Waals surface area contributed by atoms with Gasteiger partial charge in [0.05, 0.1) is 12.3 Å². The number of benzene rings is 1. The summed E-state index contributed by atoms with van der Waals surface area (Å²) in [7, 11) is 1.93. The molecule has 1 aromatic carbocycles. The molecule has 1 aliphatic heterocycles. The van der Waals surface area contributed by atoms with Crippen LogP contribution in [0.25, 0.3) is 5.69 Å². The topological polar surface area (TPSA) is 54.3 Å². The molecule has 4 rings (SSSR count). The summed E-state index contributed by atoms with van der Waals surface area (Å²) in [4.78, 5) is 17.2. The number of likely N-dealkylation sites (tertiary alicyclic amines) is 1. The van der Waals surface area contributed by atoms with E-state index in [9.17, 15) is 9.18 Å². The van der Waals surface area contributed by atoms with Gasteiger partial charge in [0.2, 0.25) is 5.91 Å². The van der Waals surface area contributed by atoms with Crippen molar-refractivity contribution in [3.05, 3.63) is 35.9 Å². The first-order chi connectivity index (χ1) is 15.5. The molecule has 2 aliphatic rings. The number of nitrogens with zero attached hydrogens (tertiary/aromatic N) is 5. The predicted octanol–water partition coefficient (Wildman–Crippen LogP) is 4.52. The second-order valence-electron chi connectivity index (χ2n) is 9.25. The van der Waals surface area contributed by atoms with Gasteiger partial charge in [-0.15, -0.1) is 10.2 Å². The average molecular weight is 460 g/mol. The highest BCUT2D eigenvalue weighted by Gasteiger charge is 2.26. The number of carbonyl (C=O) groups is 1. The van der Waals surface area contributed by atoms with Gasteiger partial charge in [-0.1, -0.05) is 25.1 Å². The first-order valence-electron chi connectivity index (χ1n) is 11.8. The minimum atomic E-state index is -0.271. The Morgan fingerprint density at radius 1 is 1.09 bits per heavy atom. The molecule has 0 atom stereocenters. The van der Waals surface area contributed by atoms with Crippen molar-refractivity contribution in [1.82, 2.24) is 24.6 Å². The molecular weight excluding hydrogens is 425 g/mol. The Bertz CT molecular complexity index is 888. The van der Waals surface area contributed by atoms with Crippen molar-refractivity contribution >= 4 is 17.7 Å². The van der Waals surface area contributed by atoms with Crippen LogP contribution < -0.4 is 0 Å². The Morgan fingerprint density at radius 3 is 2.47 bits per heavy atom. The van der Waals surface area contributed by atoms with Crippen molar-refractivity contribution in [1.29, 1.82) is 0 Å². The molecule has 0 spiro atoms. The summed E-state index contributed by atoms with van der Waals surface area (Å²) < 4.78 is 15.5. The molecule has 8 heteroatoms. The Morgan fingerprint density at radius 2 is 1.78 bits per heavy atom. The quantitative estimate of drug-likeness (QED) is 0.570. The van der Waals surface area contributed by atoms with Crippen molar-refractivity contribution in [2.45, 2.75) is 69.6 Å². The fourth-order valence-electron chi connectivity index (χ4n) is 4.72. The van der Waals surface area contributed by atoms with Crippen LogP contribution in [-0.4, -0.2) is 62.4 Å². The molecule has 0 bridgehead atoms. The van der Waals surface area contributed by atoms with E-state index >= 15 is 0 Å². The molecule has 0 N–H and O–H groups in total. The van der Waals surface area contributed by atoms with E-state index in [1.54, 1.807) is 12.1 Å². The molecule has 1 saturated heterocycles. The lowest BCUT2D eigenvalue weighted by atomic mass is 9.87. The van der Waals surface area contributed by atoms with Crippen molar-refractivity contribution < 1.29 is 9.18 Å². The molecule has 2 fully saturated rings. The second kappa shape index (κ2) is 10.8. The van der Waals surface area contributed by atoms with Crippen molar-refractivity contribution in [2.24, 2.45) is 5.92 Å². The van der Waals surface area contributed by atoms with Gasteiger partial charge >= 0.3 is 0 Å². The molecule has 0 radical (unpaired) electrons. The normalized spacial score (nSPS) is 22.1. The number of hydrogen-bond donors (Lipinski definition) is 0. The van der Waals surface area contributed by atoms with Crippen LogP contribution in [0.15, 0.2) is 29.4 Å². The van der Waals surface area contributed by atoms with Crippen molar-refractivity contribution in [3.8, 4) is 5.69 Å². The summed E-state index contributed by atoms with van der Waals surface area (Å²) in [6.07, 6.45) is 8.22. The number of carbonyl (C=O) groups excluding carboxylic acids is 1. The minimum Gasteiger partial charge on any atom is -0.342 e. The van der Waals surface area contributed by atoms with Gasteiger partial charge < -0.3 is 4.90 Å². The van der Waals surface area contributed by atoms with E-state index in [-0.39, 0.29) is 11.7 Å². The third-order valence-electron chi connectivity index (χ3n) is 6.85. The van der Waals surface area contributed by atoms with Crippen molar-refractivity contribution in [3.63, 3.8) is 0 Å². The molecule has 1 saturated carbocycles.